The number of amides is 1. The SMILES string of the molecule is C#CC.C=NN(N=C)/C(=C/C=C\C)CC(=O)N1CCCC(COC/C=c2/cncc/c2=C/C)C1.CC. The molecule has 1 aliphatic rings. The Morgan fingerprint density at radius 1 is 1.33 bits per heavy atom. The number of carbonyl (C=O) groups is 1. The minimum atomic E-state index is 0.0443. The highest BCUT2D eigenvalue weighted by molar-refractivity contribution is 5.78. The van der Waals surface area contributed by atoms with E-state index < -0.39 is 0 Å². The van der Waals surface area contributed by atoms with Gasteiger partial charge in [-0.1, -0.05) is 32.1 Å². The lowest BCUT2D eigenvalue weighted by molar-refractivity contribution is -0.133. The molecule has 1 saturated heterocycles. The van der Waals surface area contributed by atoms with Crippen molar-refractivity contribution in [1.82, 2.24) is 15.0 Å². The van der Waals surface area contributed by atoms with Crippen molar-refractivity contribution in [2.24, 2.45) is 16.1 Å². The van der Waals surface area contributed by atoms with E-state index in [4.69, 9.17) is 4.74 Å². The molecular formula is C29H43N5O2. The highest BCUT2D eigenvalue weighted by atomic mass is 16.5. The molecular weight excluding hydrogens is 450 g/mol. The van der Waals surface area contributed by atoms with Gasteiger partial charge in [-0.15, -0.1) is 12.3 Å². The van der Waals surface area contributed by atoms with Crippen LogP contribution in [0.5, 0.6) is 0 Å². The van der Waals surface area contributed by atoms with E-state index in [-0.39, 0.29) is 12.3 Å². The van der Waals surface area contributed by atoms with E-state index in [1.54, 1.807) is 13.1 Å². The molecule has 0 radical (unpaired) electrons. The van der Waals surface area contributed by atoms with E-state index in [1.165, 1.54) is 5.12 Å². The summed E-state index contributed by atoms with van der Waals surface area (Å²) >= 11 is 0. The first-order valence-corrected chi connectivity index (χ1v) is 12.4. The zero-order chi connectivity index (χ0) is 27.2. The zero-order valence-electron chi connectivity index (χ0n) is 22.7. The number of hydrazone groups is 2. The Hall–Kier alpha value is -3.50. The van der Waals surface area contributed by atoms with Gasteiger partial charge in [0.05, 0.1) is 25.3 Å². The maximum atomic E-state index is 12.9. The van der Waals surface area contributed by atoms with E-state index in [2.05, 4.69) is 47.0 Å². The van der Waals surface area contributed by atoms with E-state index in [1.807, 2.05) is 69.2 Å². The number of hydrogen-bond donors (Lipinski definition) is 0. The monoisotopic (exact) mass is 493 g/mol. The van der Waals surface area contributed by atoms with Crippen molar-refractivity contribution in [2.45, 2.75) is 53.9 Å². The first-order valence-electron chi connectivity index (χ1n) is 12.4. The number of terminal acetylenes is 1. The van der Waals surface area contributed by atoms with Crippen LogP contribution in [0.3, 0.4) is 0 Å². The standard InChI is InChI=1S/C24H33N5O2.C3H4.C2H6/c1-5-7-10-23(29(25-3)26-4)16-24(30)28-14-8-9-20(18-28)19-31-15-12-22-17-27-13-11-21(22)6-2;1-3-2;1-2/h5-7,10-13,17,20H,3-4,8-9,14-16,18-19H2,1-2H3;1H,2H3;1-2H3/b7-5-,21-6-,22-12-,23-10+;;. The summed E-state index contributed by atoms with van der Waals surface area (Å²) in [6.07, 6.45) is 20.1. The molecule has 0 aromatic carbocycles. The topological polar surface area (TPSA) is 70.4 Å². The third-order valence-electron chi connectivity index (χ3n) is 5.18. The van der Waals surface area contributed by atoms with Crippen molar-refractivity contribution in [1.29, 1.82) is 0 Å². The predicted molar refractivity (Wildman–Crippen MR) is 153 cm³/mol. The maximum Gasteiger partial charge on any atom is 0.228 e. The molecule has 1 fully saturated rings. The molecule has 1 aromatic rings. The smallest absolute Gasteiger partial charge is 0.228 e. The van der Waals surface area contributed by atoms with Crippen LogP contribution in [-0.2, 0) is 9.53 Å². The highest BCUT2D eigenvalue weighted by Crippen LogP contribution is 2.20. The molecule has 36 heavy (non-hydrogen) atoms. The number of carbonyl (C=O) groups excluding carboxylic acids is 1. The molecule has 0 aliphatic carbocycles. The molecule has 2 rings (SSSR count). The minimum Gasteiger partial charge on any atom is -0.377 e. The first-order chi connectivity index (χ1) is 17.5. The van der Waals surface area contributed by atoms with E-state index in [9.17, 15) is 4.79 Å². The number of ether oxygens (including phenoxy) is 1. The van der Waals surface area contributed by atoms with Crippen LogP contribution in [0.15, 0.2) is 52.6 Å². The molecule has 0 N–H and O–H groups in total. The lowest BCUT2D eigenvalue weighted by Gasteiger charge is -2.33. The van der Waals surface area contributed by atoms with Crippen LogP contribution in [0.1, 0.15) is 53.9 Å². The van der Waals surface area contributed by atoms with Gasteiger partial charge in [0.2, 0.25) is 5.91 Å². The number of nitrogens with zero attached hydrogens (tertiary/aromatic N) is 5. The third kappa shape index (κ3) is 12.3. The van der Waals surface area contributed by atoms with Crippen molar-refractivity contribution < 1.29 is 9.53 Å². The van der Waals surface area contributed by atoms with Crippen LogP contribution in [0.2, 0.25) is 0 Å². The molecule has 196 valence electrons. The van der Waals surface area contributed by atoms with Crippen LogP contribution in [0.25, 0.3) is 12.2 Å². The summed E-state index contributed by atoms with van der Waals surface area (Å²) in [5, 5.41) is 11.1. The second-order valence-corrected chi connectivity index (χ2v) is 7.60. The molecule has 0 spiro atoms. The second kappa shape index (κ2) is 20.8. The van der Waals surface area contributed by atoms with Crippen LogP contribution in [-0.4, -0.2) is 60.6 Å². The summed E-state index contributed by atoms with van der Waals surface area (Å²) in [6, 6.07) is 1.99. The highest BCUT2D eigenvalue weighted by Gasteiger charge is 2.25. The molecule has 1 atom stereocenters. The second-order valence-electron chi connectivity index (χ2n) is 7.60. The largest absolute Gasteiger partial charge is 0.377 e. The number of allylic oxidation sites excluding steroid dienone is 3. The quantitative estimate of drug-likeness (QED) is 0.163. The normalized spacial score (nSPS) is 16.3. The van der Waals surface area contributed by atoms with Gasteiger partial charge >= 0.3 is 0 Å². The number of rotatable bonds is 10. The van der Waals surface area contributed by atoms with Gasteiger partial charge in [0.15, 0.2) is 0 Å². The van der Waals surface area contributed by atoms with E-state index in [0.717, 1.165) is 29.8 Å². The Kier molecular flexibility index (Phi) is 18.8. The van der Waals surface area contributed by atoms with Crippen molar-refractivity contribution in [2.75, 3.05) is 26.3 Å². The van der Waals surface area contributed by atoms with Crippen molar-refractivity contribution in [3.05, 3.63) is 52.8 Å². The van der Waals surface area contributed by atoms with Gasteiger partial charge in [-0.3, -0.25) is 9.78 Å². The Morgan fingerprint density at radius 2 is 2.03 bits per heavy atom. The molecule has 1 amide bonds. The predicted octanol–water partition coefficient (Wildman–Crippen LogP) is 3.97. The molecule has 2 heterocycles. The van der Waals surface area contributed by atoms with Gasteiger partial charge in [0.25, 0.3) is 0 Å². The number of likely N-dealkylation sites (tertiary alicyclic amines) is 1. The summed E-state index contributed by atoms with van der Waals surface area (Å²) in [7, 11) is 0. The fraction of sp³-hybridized carbons (Fsp3) is 0.448. The summed E-state index contributed by atoms with van der Waals surface area (Å²) in [5.41, 5.74) is 0.640. The lowest BCUT2D eigenvalue weighted by atomic mass is 9.98. The fourth-order valence-corrected chi connectivity index (χ4v) is 3.56. The van der Waals surface area contributed by atoms with Crippen LogP contribution < -0.4 is 10.4 Å². The van der Waals surface area contributed by atoms with Crippen molar-refractivity contribution >= 4 is 31.5 Å². The number of hydrogen-bond acceptors (Lipinski definition) is 6. The summed E-state index contributed by atoms with van der Waals surface area (Å²) in [6.45, 7) is 19.2. The van der Waals surface area contributed by atoms with Gasteiger partial charge in [-0.2, -0.15) is 15.3 Å². The Morgan fingerprint density at radius 3 is 2.64 bits per heavy atom. The third-order valence-corrected chi connectivity index (χ3v) is 5.18. The first kappa shape index (κ1) is 32.5. The summed E-state index contributed by atoms with van der Waals surface area (Å²) < 4.78 is 5.90. The van der Waals surface area contributed by atoms with Gasteiger partial charge < -0.3 is 9.64 Å². The molecule has 1 unspecified atom stereocenters. The summed E-state index contributed by atoms with van der Waals surface area (Å²) in [4.78, 5) is 19.0. The average Bonchev–Trinajstić information content (AvgIpc) is 2.92. The number of piperidine rings is 1. The van der Waals surface area contributed by atoms with Gasteiger partial charge in [0, 0.05) is 38.9 Å². The van der Waals surface area contributed by atoms with Crippen LogP contribution >= 0.6 is 0 Å². The number of pyridine rings is 1. The molecule has 1 aliphatic heterocycles. The van der Waals surface area contributed by atoms with Gasteiger partial charge in [0.1, 0.15) is 0 Å². The lowest BCUT2D eigenvalue weighted by Crippen LogP contribution is -2.41. The summed E-state index contributed by atoms with van der Waals surface area (Å²) in [5.74, 6) is 2.62. The minimum absolute atomic E-state index is 0.0443. The van der Waals surface area contributed by atoms with Gasteiger partial charge in [-0.25, -0.2) is 0 Å². The van der Waals surface area contributed by atoms with Gasteiger partial charge in [-0.05, 0) is 68.2 Å². The Bertz CT molecular complexity index is 999. The molecule has 1 aromatic heterocycles. The zero-order valence-corrected chi connectivity index (χ0v) is 22.7. The van der Waals surface area contributed by atoms with Crippen LogP contribution in [0.4, 0.5) is 0 Å². The Balaban J connectivity index is 0.00000227. The van der Waals surface area contributed by atoms with Crippen molar-refractivity contribution in [3.63, 3.8) is 0 Å². The number of aromatic nitrogens is 1. The van der Waals surface area contributed by atoms with Crippen LogP contribution in [0, 0.1) is 18.3 Å². The molecule has 7 heteroatoms. The Labute approximate surface area is 217 Å². The molecule has 7 nitrogen and oxygen atoms in total. The maximum absolute atomic E-state index is 12.9. The van der Waals surface area contributed by atoms with Crippen molar-refractivity contribution in [3.8, 4) is 12.3 Å². The molecule has 0 bridgehead atoms. The van der Waals surface area contributed by atoms with E-state index >= 15 is 0 Å². The van der Waals surface area contributed by atoms with E-state index in [0.29, 0.717) is 31.4 Å². The fourth-order valence-electron chi connectivity index (χ4n) is 3.56. The molecule has 0 saturated carbocycles. The average molecular weight is 494 g/mol.